The van der Waals surface area contributed by atoms with Crippen LogP contribution in [0.3, 0.4) is 0 Å². The third kappa shape index (κ3) is 8.20. The molecule has 0 unspecified atom stereocenters. The van der Waals surface area contributed by atoms with E-state index in [9.17, 15) is 4.39 Å². The van der Waals surface area contributed by atoms with E-state index in [0.717, 1.165) is 43.9 Å². The molecule has 3 aromatic carbocycles. The number of likely N-dealkylation sites (tertiary alicyclic amines) is 1. The van der Waals surface area contributed by atoms with Crippen molar-refractivity contribution < 1.29 is 14.2 Å². The predicted molar refractivity (Wildman–Crippen MR) is 154 cm³/mol. The van der Waals surface area contributed by atoms with Gasteiger partial charge in [-0.2, -0.15) is 0 Å². The lowest BCUT2D eigenvalue weighted by Crippen LogP contribution is -2.49. The molecule has 0 saturated carbocycles. The second-order valence-electron chi connectivity index (χ2n) is 10.4. The molecule has 0 radical (unpaired) electrons. The Kier molecular flexibility index (Phi) is 10.4. The molecule has 0 bridgehead atoms. The molecule has 2 heterocycles. The lowest BCUT2D eigenvalue weighted by molar-refractivity contribution is 0.152. The summed E-state index contributed by atoms with van der Waals surface area (Å²) >= 11 is 0. The fraction of sp³-hybridized carbons (Fsp3) is 0.438. The summed E-state index contributed by atoms with van der Waals surface area (Å²) in [6, 6.07) is 23.5. The van der Waals surface area contributed by atoms with Gasteiger partial charge in [0.2, 0.25) is 0 Å². The molecule has 0 aliphatic carbocycles. The number of nitrogens with zero attached hydrogens (tertiary/aromatic N) is 3. The van der Waals surface area contributed by atoms with Gasteiger partial charge in [0.15, 0.2) is 0 Å². The average molecular weight is 520 g/mol. The molecule has 6 heteroatoms. The summed E-state index contributed by atoms with van der Waals surface area (Å²) in [7, 11) is 1.76. The number of rotatable bonds is 7. The lowest BCUT2D eigenvalue weighted by Gasteiger charge is -2.38. The van der Waals surface area contributed by atoms with Crippen LogP contribution in [0.5, 0.6) is 11.5 Å². The topological polar surface area (TPSA) is 39.2 Å². The second kappa shape index (κ2) is 14.2. The number of para-hydroxylation sites is 2. The zero-order chi connectivity index (χ0) is 26.7. The largest absolute Gasteiger partial charge is 0.508 e. The number of phenols is 1. The van der Waals surface area contributed by atoms with Crippen molar-refractivity contribution in [2.45, 2.75) is 26.2 Å². The van der Waals surface area contributed by atoms with Crippen LogP contribution in [0.4, 0.5) is 10.1 Å². The SMILES string of the molecule is COc1ccccc1N1CCN(CCN2CCC(Cc3ccccc3)CC2)CC1.Cc1ccc(O)cc1F. The Hall–Kier alpha value is -3.09. The van der Waals surface area contributed by atoms with Crippen molar-refractivity contribution in [3.8, 4) is 11.5 Å². The molecular formula is C32H42FN3O2. The predicted octanol–water partition coefficient (Wildman–Crippen LogP) is 5.61. The fourth-order valence-corrected chi connectivity index (χ4v) is 5.33. The van der Waals surface area contributed by atoms with Gasteiger partial charge in [0.25, 0.3) is 0 Å². The number of benzene rings is 3. The highest BCUT2D eigenvalue weighted by molar-refractivity contribution is 5.58. The fourth-order valence-electron chi connectivity index (χ4n) is 5.33. The third-order valence-corrected chi connectivity index (χ3v) is 7.76. The summed E-state index contributed by atoms with van der Waals surface area (Å²) in [5, 5.41) is 8.70. The number of hydrogen-bond donors (Lipinski definition) is 1. The molecule has 38 heavy (non-hydrogen) atoms. The molecule has 0 atom stereocenters. The second-order valence-corrected chi connectivity index (χ2v) is 10.4. The van der Waals surface area contributed by atoms with Crippen molar-refractivity contribution in [3.05, 3.63) is 89.7 Å². The van der Waals surface area contributed by atoms with Crippen molar-refractivity contribution in [2.24, 2.45) is 5.92 Å². The first-order valence-electron chi connectivity index (χ1n) is 13.8. The maximum Gasteiger partial charge on any atom is 0.142 e. The van der Waals surface area contributed by atoms with Gasteiger partial charge in [0, 0.05) is 45.3 Å². The Morgan fingerprint density at radius 2 is 1.45 bits per heavy atom. The number of phenolic OH excluding ortho intramolecular Hbond substituents is 1. The van der Waals surface area contributed by atoms with E-state index in [1.807, 2.05) is 6.07 Å². The molecule has 5 nitrogen and oxygen atoms in total. The Bertz CT molecular complexity index is 1110. The zero-order valence-corrected chi connectivity index (χ0v) is 22.9. The van der Waals surface area contributed by atoms with Crippen LogP contribution in [0.2, 0.25) is 0 Å². The van der Waals surface area contributed by atoms with E-state index in [-0.39, 0.29) is 11.6 Å². The smallest absolute Gasteiger partial charge is 0.142 e. The van der Waals surface area contributed by atoms with Gasteiger partial charge in [-0.15, -0.1) is 0 Å². The zero-order valence-electron chi connectivity index (χ0n) is 22.9. The average Bonchev–Trinajstić information content (AvgIpc) is 2.96. The van der Waals surface area contributed by atoms with E-state index < -0.39 is 0 Å². The molecule has 2 saturated heterocycles. The Balaban J connectivity index is 0.000000317. The van der Waals surface area contributed by atoms with Crippen LogP contribution in [0.15, 0.2) is 72.8 Å². The minimum absolute atomic E-state index is 0.0295. The van der Waals surface area contributed by atoms with Gasteiger partial charge in [-0.1, -0.05) is 48.5 Å². The first kappa shape index (κ1) is 27.9. The summed E-state index contributed by atoms with van der Waals surface area (Å²) in [6.45, 7) is 11.0. The lowest BCUT2D eigenvalue weighted by atomic mass is 9.90. The highest BCUT2D eigenvalue weighted by atomic mass is 19.1. The number of anilines is 1. The Morgan fingerprint density at radius 1 is 0.816 bits per heavy atom. The number of piperazine rings is 1. The van der Waals surface area contributed by atoms with E-state index in [4.69, 9.17) is 9.84 Å². The van der Waals surface area contributed by atoms with E-state index in [1.54, 1.807) is 14.0 Å². The molecule has 0 spiro atoms. The van der Waals surface area contributed by atoms with Crippen molar-refractivity contribution in [1.29, 1.82) is 0 Å². The van der Waals surface area contributed by atoms with Gasteiger partial charge in [-0.05, 0) is 74.5 Å². The van der Waals surface area contributed by atoms with Crippen LogP contribution in [0.25, 0.3) is 0 Å². The Labute approximate surface area is 227 Å². The van der Waals surface area contributed by atoms with Crippen LogP contribution < -0.4 is 9.64 Å². The van der Waals surface area contributed by atoms with Crippen molar-refractivity contribution >= 4 is 5.69 Å². The number of hydrogen-bond acceptors (Lipinski definition) is 5. The van der Waals surface area contributed by atoms with Crippen molar-refractivity contribution in [3.63, 3.8) is 0 Å². The molecule has 0 amide bonds. The van der Waals surface area contributed by atoms with E-state index in [2.05, 4.69) is 63.2 Å². The maximum atomic E-state index is 12.4. The molecule has 3 aromatic rings. The van der Waals surface area contributed by atoms with Crippen LogP contribution >= 0.6 is 0 Å². The molecule has 2 fully saturated rings. The number of aryl methyl sites for hydroxylation is 1. The molecule has 204 valence electrons. The number of piperidine rings is 1. The summed E-state index contributed by atoms with van der Waals surface area (Å²) < 4.78 is 18.0. The standard InChI is InChI=1S/C25H35N3O.C7H7FO/c1-29-25-10-6-5-9-24(25)28-19-17-27(18-20-28)16-15-26-13-11-23(12-14-26)21-22-7-3-2-4-8-22;1-5-2-3-6(9)4-7(5)8/h2-10,23H,11-21H2,1H3;2-4,9H,1H3. The van der Waals surface area contributed by atoms with E-state index in [1.165, 1.54) is 68.8 Å². The van der Waals surface area contributed by atoms with Gasteiger partial charge in [-0.25, -0.2) is 4.39 Å². The van der Waals surface area contributed by atoms with Gasteiger partial charge in [0.1, 0.15) is 17.3 Å². The first-order valence-corrected chi connectivity index (χ1v) is 13.8. The van der Waals surface area contributed by atoms with Crippen LogP contribution in [0, 0.1) is 18.7 Å². The number of halogens is 1. The number of methoxy groups -OCH3 is 1. The van der Waals surface area contributed by atoms with Crippen molar-refractivity contribution in [1.82, 2.24) is 9.80 Å². The first-order chi connectivity index (χ1) is 18.5. The molecule has 2 aliphatic heterocycles. The van der Waals surface area contributed by atoms with E-state index in [0.29, 0.717) is 5.56 Å². The Morgan fingerprint density at radius 3 is 2.08 bits per heavy atom. The van der Waals surface area contributed by atoms with E-state index >= 15 is 0 Å². The van der Waals surface area contributed by atoms with Crippen LogP contribution in [0.1, 0.15) is 24.0 Å². The highest BCUT2D eigenvalue weighted by Crippen LogP contribution is 2.28. The number of aromatic hydroxyl groups is 1. The van der Waals surface area contributed by atoms with Crippen molar-refractivity contribution in [2.75, 3.05) is 64.4 Å². The monoisotopic (exact) mass is 519 g/mol. The maximum absolute atomic E-state index is 12.4. The molecule has 1 N–H and O–H groups in total. The highest BCUT2D eigenvalue weighted by Gasteiger charge is 2.22. The van der Waals surface area contributed by atoms with Gasteiger partial charge >= 0.3 is 0 Å². The summed E-state index contributed by atoms with van der Waals surface area (Å²) in [6.07, 6.45) is 3.94. The summed E-state index contributed by atoms with van der Waals surface area (Å²) in [5.41, 5.74) is 3.28. The summed E-state index contributed by atoms with van der Waals surface area (Å²) in [4.78, 5) is 7.76. The minimum Gasteiger partial charge on any atom is -0.508 e. The molecule has 0 aromatic heterocycles. The van der Waals surface area contributed by atoms with Crippen LogP contribution in [-0.2, 0) is 6.42 Å². The minimum atomic E-state index is -0.366. The van der Waals surface area contributed by atoms with Gasteiger partial charge in [-0.3, -0.25) is 4.90 Å². The quantitative estimate of drug-likeness (QED) is 0.439. The summed E-state index contributed by atoms with van der Waals surface area (Å²) in [5.74, 6) is 1.45. The van der Waals surface area contributed by atoms with Crippen LogP contribution in [-0.4, -0.2) is 74.4 Å². The molecular weight excluding hydrogens is 477 g/mol. The van der Waals surface area contributed by atoms with Gasteiger partial charge in [0.05, 0.1) is 12.8 Å². The number of ether oxygens (including phenoxy) is 1. The molecule has 2 aliphatic rings. The molecule has 5 rings (SSSR count). The third-order valence-electron chi connectivity index (χ3n) is 7.76. The van der Waals surface area contributed by atoms with Gasteiger partial charge < -0.3 is 19.6 Å². The normalized spacial score (nSPS) is 17.1.